The summed E-state index contributed by atoms with van der Waals surface area (Å²) in [6.07, 6.45) is 2.93. The van der Waals surface area contributed by atoms with E-state index in [4.69, 9.17) is 9.47 Å². The molecule has 4 nitrogen and oxygen atoms in total. The maximum atomic E-state index is 11.5. The Balaban J connectivity index is 2.76. The third-order valence-corrected chi connectivity index (χ3v) is 2.10. The van der Waals surface area contributed by atoms with Gasteiger partial charge in [-0.1, -0.05) is 12.1 Å². The minimum Gasteiger partial charge on any atom is -0.463 e. The van der Waals surface area contributed by atoms with Gasteiger partial charge in [0, 0.05) is 6.08 Å². The van der Waals surface area contributed by atoms with Gasteiger partial charge in [-0.3, -0.25) is 0 Å². The maximum Gasteiger partial charge on any atom is 0.338 e. The van der Waals surface area contributed by atoms with Crippen LogP contribution >= 0.6 is 0 Å². The highest BCUT2D eigenvalue weighted by atomic mass is 16.5. The molecular formula is C14H16O4. The van der Waals surface area contributed by atoms with Crippen LogP contribution in [0.1, 0.15) is 29.8 Å². The first-order valence-corrected chi connectivity index (χ1v) is 5.79. The van der Waals surface area contributed by atoms with Crippen LogP contribution in [0.4, 0.5) is 0 Å². The fourth-order valence-corrected chi connectivity index (χ4v) is 1.34. The molecule has 0 amide bonds. The predicted octanol–water partition coefficient (Wildman–Crippen LogP) is 2.44. The van der Waals surface area contributed by atoms with Gasteiger partial charge in [0.2, 0.25) is 0 Å². The van der Waals surface area contributed by atoms with E-state index < -0.39 is 5.97 Å². The van der Waals surface area contributed by atoms with Crippen molar-refractivity contribution in [3.05, 3.63) is 41.5 Å². The molecule has 0 unspecified atom stereocenters. The Kier molecular flexibility index (Phi) is 5.64. The van der Waals surface area contributed by atoms with Crippen molar-refractivity contribution in [3.63, 3.8) is 0 Å². The van der Waals surface area contributed by atoms with E-state index >= 15 is 0 Å². The van der Waals surface area contributed by atoms with Crippen molar-refractivity contribution >= 4 is 18.0 Å². The highest BCUT2D eigenvalue weighted by Crippen LogP contribution is 2.08. The van der Waals surface area contributed by atoms with Crippen molar-refractivity contribution < 1.29 is 19.1 Å². The topological polar surface area (TPSA) is 52.6 Å². The molecule has 0 aliphatic heterocycles. The number of benzene rings is 1. The Bertz CT molecular complexity index is 449. The number of rotatable bonds is 5. The minimum atomic E-state index is -0.404. The van der Waals surface area contributed by atoms with Crippen LogP contribution < -0.4 is 0 Å². The minimum absolute atomic E-state index is 0.335. The summed E-state index contributed by atoms with van der Waals surface area (Å²) in [6, 6.07) is 6.85. The van der Waals surface area contributed by atoms with Gasteiger partial charge in [0.05, 0.1) is 18.8 Å². The summed E-state index contributed by atoms with van der Waals surface area (Å²) in [5.74, 6) is -0.775. The molecule has 0 aromatic heterocycles. The van der Waals surface area contributed by atoms with Crippen LogP contribution in [0.25, 0.3) is 6.08 Å². The van der Waals surface area contributed by atoms with Crippen LogP contribution in [0.5, 0.6) is 0 Å². The van der Waals surface area contributed by atoms with Crippen molar-refractivity contribution in [1.29, 1.82) is 0 Å². The summed E-state index contributed by atoms with van der Waals surface area (Å²) in [4.78, 5) is 22.6. The molecule has 0 spiro atoms. The summed E-state index contributed by atoms with van der Waals surface area (Å²) in [5.41, 5.74) is 1.21. The lowest BCUT2D eigenvalue weighted by molar-refractivity contribution is -0.137. The molecule has 0 atom stereocenters. The lowest BCUT2D eigenvalue weighted by atomic mass is 10.1. The van der Waals surface area contributed by atoms with E-state index in [9.17, 15) is 9.59 Å². The number of carbonyl (C=O) groups is 2. The maximum absolute atomic E-state index is 11.5. The van der Waals surface area contributed by atoms with E-state index in [1.165, 1.54) is 6.08 Å². The summed E-state index contributed by atoms with van der Waals surface area (Å²) in [6.45, 7) is 4.17. The van der Waals surface area contributed by atoms with Crippen LogP contribution in [-0.4, -0.2) is 25.2 Å². The molecule has 0 heterocycles. The molecule has 0 aliphatic carbocycles. The molecule has 1 rings (SSSR count). The highest BCUT2D eigenvalue weighted by Gasteiger charge is 2.05. The van der Waals surface area contributed by atoms with Gasteiger partial charge in [0.15, 0.2) is 0 Å². The molecular weight excluding hydrogens is 232 g/mol. The first-order chi connectivity index (χ1) is 8.67. The second-order valence-electron chi connectivity index (χ2n) is 3.43. The van der Waals surface area contributed by atoms with E-state index in [2.05, 4.69) is 0 Å². The van der Waals surface area contributed by atoms with Crippen molar-refractivity contribution in [1.82, 2.24) is 0 Å². The van der Waals surface area contributed by atoms with Gasteiger partial charge in [-0.25, -0.2) is 9.59 Å². The van der Waals surface area contributed by atoms with Crippen molar-refractivity contribution in [3.8, 4) is 0 Å². The SMILES string of the molecule is CCOC(=O)/C=C\c1cccc(C(=O)OCC)c1. The summed E-state index contributed by atoms with van der Waals surface area (Å²) in [5, 5.41) is 0. The number of hydrogen-bond acceptors (Lipinski definition) is 4. The molecule has 96 valence electrons. The molecule has 0 fully saturated rings. The quantitative estimate of drug-likeness (QED) is 0.593. The van der Waals surface area contributed by atoms with Crippen LogP contribution in [0, 0.1) is 0 Å². The molecule has 0 radical (unpaired) electrons. The molecule has 0 N–H and O–H groups in total. The molecule has 0 aliphatic rings. The van der Waals surface area contributed by atoms with Gasteiger partial charge >= 0.3 is 11.9 Å². The van der Waals surface area contributed by atoms with Crippen molar-refractivity contribution in [2.75, 3.05) is 13.2 Å². The third-order valence-electron chi connectivity index (χ3n) is 2.10. The van der Waals surface area contributed by atoms with Gasteiger partial charge in [0.1, 0.15) is 0 Å². The zero-order chi connectivity index (χ0) is 13.4. The second-order valence-corrected chi connectivity index (χ2v) is 3.43. The molecule has 18 heavy (non-hydrogen) atoms. The first-order valence-electron chi connectivity index (χ1n) is 5.79. The van der Waals surface area contributed by atoms with E-state index in [0.29, 0.717) is 18.8 Å². The van der Waals surface area contributed by atoms with Crippen LogP contribution in [-0.2, 0) is 14.3 Å². The summed E-state index contributed by atoms with van der Waals surface area (Å²) in [7, 11) is 0. The summed E-state index contributed by atoms with van der Waals surface area (Å²) >= 11 is 0. The highest BCUT2D eigenvalue weighted by molar-refractivity contribution is 5.91. The van der Waals surface area contributed by atoms with Crippen molar-refractivity contribution in [2.24, 2.45) is 0 Å². The largest absolute Gasteiger partial charge is 0.463 e. The summed E-state index contributed by atoms with van der Waals surface area (Å²) < 4.78 is 9.65. The average Bonchev–Trinajstić information content (AvgIpc) is 2.37. The average molecular weight is 248 g/mol. The zero-order valence-corrected chi connectivity index (χ0v) is 10.5. The first kappa shape index (κ1) is 14.0. The number of ether oxygens (including phenoxy) is 2. The van der Waals surface area contributed by atoms with E-state index in [-0.39, 0.29) is 5.97 Å². The van der Waals surface area contributed by atoms with Gasteiger partial charge in [-0.2, -0.15) is 0 Å². The number of hydrogen-bond donors (Lipinski definition) is 0. The fraction of sp³-hybridized carbons (Fsp3) is 0.286. The Morgan fingerprint density at radius 3 is 2.56 bits per heavy atom. The standard InChI is InChI=1S/C14H16O4/c1-3-17-13(15)9-8-11-6-5-7-12(10-11)14(16)18-4-2/h5-10H,3-4H2,1-2H3/b9-8-. The monoisotopic (exact) mass is 248 g/mol. The fourth-order valence-electron chi connectivity index (χ4n) is 1.34. The van der Waals surface area contributed by atoms with Crippen molar-refractivity contribution in [2.45, 2.75) is 13.8 Å². The third kappa shape index (κ3) is 4.41. The Morgan fingerprint density at radius 1 is 1.17 bits per heavy atom. The number of esters is 2. The Morgan fingerprint density at radius 2 is 1.89 bits per heavy atom. The molecule has 0 bridgehead atoms. The smallest absolute Gasteiger partial charge is 0.338 e. The second kappa shape index (κ2) is 7.27. The van der Waals surface area contributed by atoms with Gasteiger partial charge in [-0.15, -0.1) is 0 Å². The van der Waals surface area contributed by atoms with Crippen LogP contribution in [0.3, 0.4) is 0 Å². The zero-order valence-electron chi connectivity index (χ0n) is 10.5. The molecule has 0 saturated carbocycles. The predicted molar refractivity (Wildman–Crippen MR) is 68.1 cm³/mol. The lowest BCUT2D eigenvalue weighted by Crippen LogP contribution is -2.04. The number of carbonyl (C=O) groups excluding carboxylic acids is 2. The Labute approximate surface area is 106 Å². The van der Waals surface area contributed by atoms with E-state index in [1.807, 2.05) is 0 Å². The van der Waals surface area contributed by atoms with E-state index in [1.54, 1.807) is 44.2 Å². The van der Waals surface area contributed by atoms with Gasteiger partial charge in [-0.05, 0) is 37.6 Å². The Hall–Kier alpha value is -2.10. The van der Waals surface area contributed by atoms with E-state index in [0.717, 1.165) is 5.56 Å². The lowest BCUT2D eigenvalue weighted by Gasteiger charge is -2.02. The normalized spacial score (nSPS) is 10.3. The molecule has 0 saturated heterocycles. The van der Waals surface area contributed by atoms with Gasteiger partial charge < -0.3 is 9.47 Å². The van der Waals surface area contributed by atoms with Crippen LogP contribution in [0.15, 0.2) is 30.3 Å². The van der Waals surface area contributed by atoms with Crippen LogP contribution in [0.2, 0.25) is 0 Å². The van der Waals surface area contributed by atoms with Gasteiger partial charge in [0.25, 0.3) is 0 Å². The molecule has 4 heteroatoms. The molecule has 1 aromatic rings. The molecule has 1 aromatic carbocycles.